The Morgan fingerprint density at radius 1 is 0.667 bits per heavy atom. The number of hydrogen-bond donors (Lipinski definition) is 0. The maximum atomic E-state index is 5.44. The van der Waals surface area contributed by atoms with Gasteiger partial charge in [0, 0.05) is 25.2 Å². The number of aromatic nitrogens is 1. The van der Waals surface area contributed by atoms with Crippen LogP contribution in [0.4, 0.5) is 17.1 Å². The molecule has 0 fully saturated rings. The molecule has 7 rings (SSSR count). The van der Waals surface area contributed by atoms with E-state index >= 15 is 0 Å². The van der Waals surface area contributed by atoms with E-state index < -0.39 is 0 Å². The summed E-state index contributed by atoms with van der Waals surface area (Å²) in [5.41, 5.74) is 11.5. The van der Waals surface area contributed by atoms with Gasteiger partial charge in [-0.3, -0.25) is 0 Å². The van der Waals surface area contributed by atoms with Gasteiger partial charge < -0.3 is 4.90 Å². The third-order valence-electron chi connectivity index (χ3n) is 8.02. The number of rotatable bonds is 3. The number of aryl methyl sites for hydroxylation is 1. The molecule has 4 heteroatoms. The van der Waals surface area contributed by atoms with Gasteiger partial charge in [-0.25, -0.2) is 4.98 Å². The molecule has 0 spiro atoms. The molecule has 2 nitrogen and oxygen atoms in total. The standard InChI is InChI=1S/C38H31BrN2S/c1-24-13-22-33(41-31-9-5-7-11-34(31)42-35-12-8-6-10-32(35)41)37-36(24)29(25-14-18-27(19-15-25)38(2,3)4)23-30(40-37)26-16-20-28(39)21-17-26/h5-23H,1-4H3. The Balaban J connectivity index is 1.54. The van der Waals surface area contributed by atoms with Crippen molar-refractivity contribution in [2.75, 3.05) is 4.90 Å². The fourth-order valence-corrected chi connectivity index (χ4v) is 7.11. The van der Waals surface area contributed by atoms with Gasteiger partial charge in [0.05, 0.1) is 28.3 Å². The summed E-state index contributed by atoms with van der Waals surface area (Å²) in [7, 11) is 0. The highest BCUT2D eigenvalue weighted by molar-refractivity contribution is 9.10. The Morgan fingerprint density at radius 3 is 1.88 bits per heavy atom. The second-order valence-electron chi connectivity index (χ2n) is 11.9. The van der Waals surface area contributed by atoms with Crippen molar-refractivity contribution in [3.8, 4) is 22.4 Å². The fraction of sp³-hybridized carbons (Fsp3) is 0.132. The van der Waals surface area contributed by atoms with E-state index in [2.05, 4.69) is 164 Å². The zero-order chi connectivity index (χ0) is 29.0. The summed E-state index contributed by atoms with van der Waals surface area (Å²) in [5, 5.41) is 1.19. The number of hydrogen-bond acceptors (Lipinski definition) is 3. The Morgan fingerprint density at radius 2 is 1.26 bits per heavy atom. The van der Waals surface area contributed by atoms with Crippen LogP contribution < -0.4 is 4.90 Å². The molecule has 1 aromatic heterocycles. The molecule has 1 aliphatic heterocycles. The molecule has 0 unspecified atom stereocenters. The van der Waals surface area contributed by atoms with Crippen LogP contribution in [0, 0.1) is 6.92 Å². The van der Waals surface area contributed by atoms with Crippen LogP contribution in [0.25, 0.3) is 33.3 Å². The van der Waals surface area contributed by atoms with Gasteiger partial charge in [-0.15, -0.1) is 0 Å². The number of benzene rings is 5. The third kappa shape index (κ3) is 4.73. The summed E-state index contributed by atoms with van der Waals surface area (Å²) in [4.78, 5) is 10.3. The minimum Gasteiger partial charge on any atom is -0.306 e. The third-order valence-corrected chi connectivity index (χ3v) is 9.68. The van der Waals surface area contributed by atoms with Gasteiger partial charge >= 0.3 is 0 Å². The van der Waals surface area contributed by atoms with Crippen molar-refractivity contribution in [1.82, 2.24) is 4.98 Å². The molecule has 0 atom stereocenters. The molecule has 0 bridgehead atoms. The van der Waals surface area contributed by atoms with Gasteiger partial charge in [0.25, 0.3) is 0 Å². The first kappa shape index (κ1) is 27.0. The van der Waals surface area contributed by atoms with Crippen LogP contribution in [0.2, 0.25) is 0 Å². The first-order chi connectivity index (χ1) is 20.3. The van der Waals surface area contributed by atoms with Gasteiger partial charge in [-0.2, -0.15) is 0 Å². The van der Waals surface area contributed by atoms with Crippen LogP contribution in [0.3, 0.4) is 0 Å². The summed E-state index contributed by atoms with van der Waals surface area (Å²) in [6.45, 7) is 8.99. The fourth-order valence-electron chi connectivity index (χ4n) is 5.79. The maximum Gasteiger partial charge on any atom is 0.0958 e. The summed E-state index contributed by atoms with van der Waals surface area (Å²) >= 11 is 5.43. The highest BCUT2D eigenvalue weighted by atomic mass is 79.9. The van der Waals surface area contributed by atoms with Crippen molar-refractivity contribution < 1.29 is 0 Å². The molecule has 0 amide bonds. The molecule has 42 heavy (non-hydrogen) atoms. The van der Waals surface area contributed by atoms with E-state index in [0.29, 0.717) is 0 Å². The number of nitrogens with zero attached hydrogens (tertiary/aromatic N) is 2. The molecule has 1 aliphatic rings. The highest BCUT2D eigenvalue weighted by Gasteiger charge is 2.27. The van der Waals surface area contributed by atoms with Gasteiger partial charge in [0.1, 0.15) is 0 Å². The van der Waals surface area contributed by atoms with E-state index in [1.165, 1.54) is 48.8 Å². The molecular formula is C38H31BrN2S. The Labute approximate surface area is 260 Å². The Hall–Kier alpha value is -3.86. The van der Waals surface area contributed by atoms with E-state index in [9.17, 15) is 0 Å². The smallest absolute Gasteiger partial charge is 0.0958 e. The number of para-hydroxylation sites is 2. The summed E-state index contributed by atoms with van der Waals surface area (Å²) in [6, 6.07) is 41.6. The average Bonchev–Trinajstić information content (AvgIpc) is 3.00. The molecule has 2 heterocycles. The first-order valence-electron chi connectivity index (χ1n) is 14.3. The van der Waals surface area contributed by atoms with Crippen molar-refractivity contribution >= 4 is 55.7 Å². The van der Waals surface area contributed by atoms with Crippen molar-refractivity contribution in [1.29, 1.82) is 0 Å². The van der Waals surface area contributed by atoms with E-state index in [0.717, 1.165) is 26.9 Å². The highest BCUT2D eigenvalue weighted by Crippen LogP contribution is 2.53. The lowest BCUT2D eigenvalue weighted by Crippen LogP contribution is -2.15. The van der Waals surface area contributed by atoms with Crippen LogP contribution in [-0.2, 0) is 5.41 Å². The van der Waals surface area contributed by atoms with E-state index in [-0.39, 0.29) is 5.41 Å². The van der Waals surface area contributed by atoms with Gasteiger partial charge in [0.15, 0.2) is 0 Å². The zero-order valence-electron chi connectivity index (χ0n) is 24.2. The minimum absolute atomic E-state index is 0.0948. The normalized spacial score (nSPS) is 12.7. The zero-order valence-corrected chi connectivity index (χ0v) is 26.6. The summed E-state index contributed by atoms with van der Waals surface area (Å²) in [5.74, 6) is 0. The number of halogens is 1. The predicted molar refractivity (Wildman–Crippen MR) is 183 cm³/mol. The molecule has 0 saturated heterocycles. The topological polar surface area (TPSA) is 16.1 Å². The van der Waals surface area contributed by atoms with E-state index in [1.54, 1.807) is 0 Å². The van der Waals surface area contributed by atoms with Crippen molar-refractivity contribution in [2.24, 2.45) is 0 Å². The number of fused-ring (bicyclic) bond motifs is 3. The van der Waals surface area contributed by atoms with Gasteiger partial charge in [-0.1, -0.05) is 115 Å². The minimum atomic E-state index is 0.0948. The molecular weight excluding hydrogens is 596 g/mol. The van der Waals surface area contributed by atoms with Crippen LogP contribution in [-0.4, -0.2) is 4.98 Å². The molecule has 0 saturated carbocycles. The monoisotopic (exact) mass is 626 g/mol. The van der Waals surface area contributed by atoms with Crippen LogP contribution in [0.1, 0.15) is 31.9 Å². The lowest BCUT2D eigenvalue weighted by molar-refractivity contribution is 0.590. The largest absolute Gasteiger partial charge is 0.306 e. The molecule has 6 aromatic rings. The number of pyridine rings is 1. The van der Waals surface area contributed by atoms with Crippen LogP contribution in [0.15, 0.2) is 130 Å². The second-order valence-corrected chi connectivity index (χ2v) is 13.9. The first-order valence-corrected chi connectivity index (χ1v) is 15.9. The van der Waals surface area contributed by atoms with E-state index in [4.69, 9.17) is 4.98 Å². The van der Waals surface area contributed by atoms with Crippen LogP contribution >= 0.6 is 27.7 Å². The molecule has 0 radical (unpaired) electrons. The van der Waals surface area contributed by atoms with Gasteiger partial charge in [0.2, 0.25) is 0 Å². The lowest BCUT2D eigenvalue weighted by atomic mass is 9.85. The molecule has 5 aromatic carbocycles. The van der Waals surface area contributed by atoms with E-state index in [1.807, 2.05) is 11.8 Å². The lowest BCUT2D eigenvalue weighted by Gasteiger charge is -2.33. The average molecular weight is 628 g/mol. The second kappa shape index (κ2) is 10.4. The Bertz CT molecular complexity index is 1910. The van der Waals surface area contributed by atoms with Crippen LogP contribution in [0.5, 0.6) is 0 Å². The predicted octanol–water partition coefficient (Wildman–Crippen LogP) is 11.9. The molecule has 0 N–H and O–H groups in total. The summed E-state index contributed by atoms with van der Waals surface area (Å²) in [6.07, 6.45) is 0. The quantitative estimate of drug-likeness (QED) is 0.194. The van der Waals surface area contributed by atoms with Crippen molar-refractivity contribution in [3.05, 3.63) is 131 Å². The van der Waals surface area contributed by atoms with Crippen molar-refractivity contribution in [3.63, 3.8) is 0 Å². The summed E-state index contributed by atoms with van der Waals surface area (Å²) < 4.78 is 1.06. The number of anilines is 3. The maximum absolute atomic E-state index is 5.44. The molecule has 0 aliphatic carbocycles. The SMILES string of the molecule is Cc1ccc(N2c3ccccc3Sc3ccccc32)c2nc(-c3ccc(Br)cc3)cc(-c3ccc(C(C)(C)C)cc3)c12. The molecule has 206 valence electrons. The van der Waals surface area contributed by atoms with Gasteiger partial charge in [-0.05, 0) is 83.1 Å². The van der Waals surface area contributed by atoms with Crippen molar-refractivity contribution in [2.45, 2.75) is 42.9 Å². The Kier molecular flexibility index (Phi) is 6.72.